The summed E-state index contributed by atoms with van der Waals surface area (Å²) in [6.07, 6.45) is 0. The van der Waals surface area contributed by atoms with Crippen LogP contribution in [0.4, 0.5) is 5.69 Å². The zero-order valence-corrected chi connectivity index (χ0v) is 14.3. The van der Waals surface area contributed by atoms with Crippen LogP contribution in [0, 0.1) is 17.0 Å². The van der Waals surface area contributed by atoms with Gasteiger partial charge in [-0.1, -0.05) is 17.7 Å². The summed E-state index contributed by atoms with van der Waals surface area (Å²) < 4.78 is 10.5. The predicted octanol–water partition coefficient (Wildman–Crippen LogP) is 3.96. The number of carbonyl (C=O) groups excluding carboxylic acids is 1. The number of benzene rings is 2. The fraction of sp³-hybridized carbons (Fsp3) is 0.118. The smallest absolute Gasteiger partial charge is 0.338 e. The normalized spacial score (nSPS) is 10.5. The number of halogens is 1. The van der Waals surface area contributed by atoms with E-state index in [2.05, 4.69) is 10.2 Å². The van der Waals surface area contributed by atoms with Gasteiger partial charge in [0.1, 0.15) is 0 Å². The second-order valence-electron chi connectivity index (χ2n) is 5.34. The second-order valence-corrected chi connectivity index (χ2v) is 5.78. The van der Waals surface area contributed by atoms with E-state index in [9.17, 15) is 14.9 Å². The minimum absolute atomic E-state index is 0.0692. The first-order chi connectivity index (χ1) is 12.4. The van der Waals surface area contributed by atoms with Crippen LogP contribution in [-0.4, -0.2) is 21.1 Å². The first-order valence-electron chi connectivity index (χ1n) is 7.44. The van der Waals surface area contributed by atoms with Crippen LogP contribution in [0.25, 0.3) is 11.5 Å². The number of hydrogen-bond donors (Lipinski definition) is 0. The molecule has 0 bridgehead atoms. The van der Waals surface area contributed by atoms with Crippen molar-refractivity contribution in [3.63, 3.8) is 0 Å². The first-order valence-corrected chi connectivity index (χ1v) is 7.82. The van der Waals surface area contributed by atoms with Gasteiger partial charge in [0.15, 0.2) is 6.61 Å². The van der Waals surface area contributed by atoms with Gasteiger partial charge in [0.05, 0.1) is 10.5 Å². The third-order valence-electron chi connectivity index (χ3n) is 3.53. The number of nitro groups is 1. The molecule has 0 spiro atoms. The van der Waals surface area contributed by atoms with E-state index >= 15 is 0 Å². The van der Waals surface area contributed by atoms with Crippen molar-refractivity contribution in [2.24, 2.45) is 0 Å². The molecule has 132 valence electrons. The fourth-order valence-corrected chi connectivity index (χ4v) is 2.29. The Kier molecular flexibility index (Phi) is 4.94. The summed E-state index contributed by atoms with van der Waals surface area (Å²) in [6, 6.07) is 10.9. The molecule has 2 aromatic carbocycles. The molecule has 3 rings (SSSR count). The molecule has 9 heteroatoms. The average Bonchev–Trinajstić information content (AvgIpc) is 3.09. The number of rotatable bonds is 5. The lowest BCUT2D eigenvalue weighted by Crippen LogP contribution is -2.06. The van der Waals surface area contributed by atoms with Crippen LogP contribution < -0.4 is 0 Å². The third kappa shape index (κ3) is 3.86. The number of aryl methyl sites for hydroxylation is 1. The van der Waals surface area contributed by atoms with Crippen molar-refractivity contribution >= 4 is 23.3 Å². The SMILES string of the molecule is Cc1ccc(C(=O)OCc2nnc(-c3ccc(Cl)cc3)o2)cc1[N+](=O)[O-]. The largest absolute Gasteiger partial charge is 0.452 e. The number of nitrogens with zero attached hydrogens (tertiary/aromatic N) is 3. The number of aromatic nitrogens is 2. The van der Waals surface area contributed by atoms with E-state index in [4.69, 9.17) is 20.8 Å². The van der Waals surface area contributed by atoms with Gasteiger partial charge in [0.25, 0.3) is 11.6 Å². The van der Waals surface area contributed by atoms with Gasteiger partial charge in [0.2, 0.25) is 5.89 Å². The number of ether oxygens (including phenoxy) is 1. The molecular weight excluding hydrogens is 362 g/mol. The molecule has 0 atom stereocenters. The first kappa shape index (κ1) is 17.6. The van der Waals surface area contributed by atoms with Gasteiger partial charge in [0, 0.05) is 22.2 Å². The zero-order valence-electron chi connectivity index (χ0n) is 13.5. The molecule has 0 N–H and O–H groups in total. The summed E-state index contributed by atoms with van der Waals surface area (Å²) in [5, 5.41) is 19.2. The highest BCUT2D eigenvalue weighted by Crippen LogP contribution is 2.22. The van der Waals surface area contributed by atoms with Crippen LogP contribution in [0.2, 0.25) is 5.02 Å². The molecular formula is C17H12ClN3O5. The second kappa shape index (κ2) is 7.32. The number of carbonyl (C=O) groups is 1. The molecule has 26 heavy (non-hydrogen) atoms. The van der Waals surface area contributed by atoms with Crippen LogP contribution in [0.15, 0.2) is 46.9 Å². The topological polar surface area (TPSA) is 108 Å². The Morgan fingerprint density at radius 3 is 2.65 bits per heavy atom. The summed E-state index contributed by atoms with van der Waals surface area (Å²) >= 11 is 5.82. The monoisotopic (exact) mass is 373 g/mol. The minimum Gasteiger partial charge on any atom is -0.452 e. The molecule has 0 saturated carbocycles. The maximum absolute atomic E-state index is 12.1. The van der Waals surface area contributed by atoms with E-state index in [-0.39, 0.29) is 29.6 Å². The zero-order chi connectivity index (χ0) is 18.7. The van der Waals surface area contributed by atoms with Crippen molar-refractivity contribution in [3.8, 4) is 11.5 Å². The van der Waals surface area contributed by atoms with E-state index in [1.165, 1.54) is 18.2 Å². The lowest BCUT2D eigenvalue weighted by molar-refractivity contribution is -0.385. The van der Waals surface area contributed by atoms with Crippen molar-refractivity contribution in [2.45, 2.75) is 13.5 Å². The van der Waals surface area contributed by atoms with Gasteiger partial charge in [-0.25, -0.2) is 4.79 Å². The molecule has 0 radical (unpaired) electrons. The molecule has 1 aromatic heterocycles. The molecule has 0 aliphatic carbocycles. The molecule has 0 aliphatic heterocycles. The molecule has 0 fully saturated rings. The highest BCUT2D eigenvalue weighted by Gasteiger charge is 2.17. The maximum Gasteiger partial charge on any atom is 0.338 e. The lowest BCUT2D eigenvalue weighted by Gasteiger charge is -2.03. The standard InChI is InChI=1S/C17H12ClN3O5/c1-10-2-3-12(8-14(10)21(23)24)17(22)25-9-15-19-20-16(26-15)11-4-6-13(18)7-5-11/h2-8H,9H2,1H3. The summed E-state index contributed by atoms with van der Waals surface area (Å²) in [5.41, 5.74) is 1.05. The highest BCUT2D eigenvalue weighted by molar-refractivity contribution is 6.30. The van der Waals surface area contributed by atoms with Crippen molar-refractivity contribution in [2.75, 3.05) is 0 Å². The van der Waals surface area contributed by atoms with Crippen LogP contribution in [0.3, 0.4) is 0 Å². The number of nitro benzene ring substituents is 1. The Balaban J connectivity index is 1.68. The van der Waals surface area contributed by atoms with E-state index < -0.39 is 10.9 Å². The molecule has 0 amide bonds. The van der Waals surface area contributed by atoms with E-state index in [1.807, 2.05) is 0 Å². The Hall–Kier alpha value is -3.26. The summed E-state index contributed by atoms with van der Waals surface area (Å²) in [6.45, 7) is 1.34. The third-order valence-corrected chi connectivity index (χ3v) is 3.78. The Bertz CT molecular complexity index is 969. The average molecular weight is 374 g/mol. The number of hydrogen-bond acceptors (Lipinski definition) is 7. The van der Waals surface area contributed by atoms with E-state index in [1.54, 1.807) is 31.2 Å². The van der Waals surface area contributed by atoms with Crippen molar-refractivity contribution in [1.29, 1.82) is 0 Å². The number of esters is 1. The van der Waals surface area contributed by atoms with Gasteiger partial charge >= 0.3 is 5.97 Å². The van der Waals surface area contributed by atoms with Crippen LogP contribution in [-0.2, 0) is 11.3 Å². The minimum atomic E-state index is -0.723. The van der Waals surface area contributed by atoms with Gasteiger partial charge < -0.3 is 9.15 Å². The lowest BCUT2D eigenvalue weighted by atomic mass is 10.1. The highest BCUT2D eigenvalue weighted by atomic mass is 35.5. The molecule has 8 nitrogen and oxygen atoms in total. The summed E-state index contributed by atoms with van der Waals surface area (Å²) in [7, 11) is 0. The van der Waals surface area contributed by atoms with Gasteiger partial charge in [-0.2, -0.15) is 0 Å². The summed E-state index contributed by atoms with van der Waals surface area (Å²) in [4.78, 5) is 22.5. The Morgan fingerprint density at radius 1 is 1.23 bits per heavy atom. The van der Waals surface area contributed by atoms with Crippen molar-refractivity contribution < 1.29 is 18.9 Å². The van der Waals surface area contributed by atoms with Crippen molar-refractivity contribution in [1.82, 2.24) is 10.2 Å². The van der Waals surface area contributed by atoms with Gasteiger partial charge in [-0.05, 0) is 37.3 Å². The van der Waals surface area contributed by atoms with E-state index in [0.29, 0.717) is 16.1 Å². The Labute approximate surface area is 152 Å². The molecule has 3 aromatic rings. The molecule has 1 heterocycles. The van der Waals surface area contributed by atoms with Gasteiger partial charge in [-0.3, -0.25) is 10.1 Å². The van der Waals surface area contributed by atoms with Crippen LogP contribution in [0.1, 0.15) is 21.8 Å². The Morgan fingerprint density at radius 2 is 1.96 bits per heavy atom. The predicted molar refractivity (Wildman–Crippen MR) is 91.7 cm³/mol. The quantitative estimate of drug-likeness (QED) is 0.378. The van der Waals surface area contributed by atoms with Crippen molar-refractivity contribution in [3.05, 3.63) is 74.6 Å². The summed E-state index contributed by atoms with van der Waals surface area (Å²) in [5.74, 6) is -0.358. The van der Waals surface area contributed by atoms with Crippen LogP contribution >= 0.6 is 11.6 Å². The fourth-order valence-electron chi connectivity index (χ4n) is 2.16. The van der Waals surface area contributed by atoms with Gasteiger partial charge in [-0.15, -0.1) is 10.2 Å². The van der Waals surface area contributed by atoms with E-state index in [0.717, 1.165) is 0 Å². The molecule has 0 unspecified atom stereocenters. The molecule has 0 saturated heterocycles. The van der Waals surface area contributed by atoms with Crippen LogP contribution in [0.5, 0.6) is 0 Å². The maximum atomic E-state index is 12.1. The molecule has 0 aliphatic rings.